The van der Waals surface area contributed by atoms with Gasteiger partial charge in [0.1, 0.15) is 12.3 Å². The SMILES string of the molecule is CC1=CC[C@H]2C(=O)N(N(CC(=O)c3ccc(OC(=O)c4ccc(Cl)cc4Cl)cc3)C(=O)c3ccc(Cl)cc3Cl)C(=O)[C@H]2C1. The highest BCUT2D eigenvalue weighted by Gasteiger charge is 2.52. The summed E-state index contributed by atoms with van der Waals surface area (Å²) in [7, 11) is 0. The molecule has 3 aromatic carbocycles. The second kappa shape index (κ2) is 12.5. The molecule has 3 aromatic rings. The molecule has 0 aromatic heterocycles. The summed E-state index contributed by atoms with van der Waals surface area (Å²) in [5, 5.41) is 2.37. The van der Waals surface area contributed by atoms with Crippen LogP contribution in [0.15, 0.2) is 72.3 Å². The molecule has 3 amide bonds. The van der Waals surface area contributed by atoms with E-state index in [1.165, 1.54) is 60.7 Å². The molecule has 2 aliphatic rings. The minimum absolute atomic E-state index is 0.00377. The van der Waals surface area contributed by atoms with Gasteiger partial charge in [-0.1, -0.05) is 58.1 Å². The number of allylic oxidation sites excluding steroid dienone is 2. The van der Waals surface area contributed by atoms with Gasteiger partial charge in [0, 0.05) is 15.6 Å². The smallest absolute Gasteiger partial charge is 0.345 e. The highest BCUT2D eigenvalue weighted by atomic mass is 35.5. The van der Waals surface area contributed by atoms with Crippen LogP contribution in [0.1, 0.15) is 50.8 Å². The van der Waals surface area contributed by atoms with E-state index in [0.29, 0.717) is 17.9 Å². The maximum Gasteiger partial charge on any atom is 0.345 e. The zero-order chi connectivity index (χ0) is 31.0. The monoisotopic (exact) mass is 658 g/mol. The average molecular weight is 660 g/mol. The molecule has 43 heavy (non-hydrogen) atoms. The Bertz CT molecular complexity index is 1700. The van der Waals surface area contributed by atoms with Gasteiger partial charge in [0.15, 0.2) is 5.78 Å². The number of amides is 3. The van der Waals surface area contributed by atoms with Crippen molar-refractivity contribution in [3.8, 4) is 5.75 Å². The summed E-state index contributed by atoms with van der Waals surface area (Å²) in [6.45, 7) is 1.24. The highest BCUT2D eigenvalue weighted by molar-refractivity contribution is 6.37. The van der Waals surface area contributed by atoms with Crippen LogP contribution in [0.4, 0.5) is 0 Å². The lowest BCUT2D eigenvalue weighted by Gasteiger charge is -2.30. The molecule has 0 spiro atoms. The molecule has 1 heterocycles. The molecule has 1 aliphatic heterocycles. The molecule has 0 radical (unpaired) electrons. The van der Waals surface area contributed by atoms with Crippen LogP contribution in [0, 0.1) is 11.8 Å². The average Bonchev–Trinajstić information content (AvgIpc) is 3.20. The van der Waals surface area contributed by atoms with Crippen molar-refractivity contribution in [3.63, 3.8) is 0 Å². The van der Waals surface area contributed by atoms with E-state index in [2.05, 4.69) is 0 Å². The molecule has 0 saturated carbocycles. The number of ketones is 1. The van der Waals surface area contributed by atoms with Crippen LogP contribution in [0.2, 0.25) is 20.1 Å². The predicted octanol–water partition coefficient (Wildman–Crippen LogP) is 7.10. The van der Waals surface area contributed by atoms with E-state index in [-0.39, 0.29) is 37.5 Å². The van der Waals surface area contributed by atoms with E-state index in [1.807, 2.05) is 13.0 Å². The fourth-order valence-corrected chi connectivity index (χ4v) is 6.02. The van der Waals surface area contributed by atoms with Gasteiger partial charge >= 0.3 is 5.97 Å². The minimum Gasteiger partial charge on any atom is -0.423 e. The first-order valence-electron chi connectivity index (χ1n) is 13.1. The molecule has 12 heteroatoms. The van der Waals surface area contributed by atoms with Crippen molar-refractivity contribution < 1.29 is 28.7 Å². The van der Waals surface area contributed by atoms with Gasteiger partial charge in [-0.2, -0.15) is 5.01 Å². The van der Waals surface area contributed by atoms with Crippen LogP contribution in [-0.2, 0) is 9.59 Å². The van der Waals surface area contributed by atoms with E-state index >= 15 is 0 Å². The summed E-state index contributed by atoms with van der Waals surface area (Å²) >= 11 is 24.3. The van der Waals surface area contributed by atoms with Crippen molar-refractivity contribution in [1.82, 2.24) is 10.0 Å². The summed E-state index contributed by atoms with van der Waals surface area (Å²) < 4.78 is 5.36. The first-order chi connectivity index (χ1) is 20.4. The third-order valence-electron chi connectivity index (χ3n) is 7.27. The third-order valence-corrected chi connectivity index (χ3v) is 8.36. The topological polar surface area (TPSA) is 101 Å². The number of hydrogen-bond acceptors (Lipinski definition) is 6. The zero-order valence-corrected chi connectivity index (χ0v) is 25.5. The normalized spacial score (nSPS) is 17.8. The number of halogens is 4. The lowest BCUT2D eigenvalue weighted by atomic mass is 9.82. The van der Waals surface area contributed by atoms with Crippen LogP contribution >= 0.6 is 46.4 Å². The van der Waals surface area contributed by atoms with E-state index < -0.39 is 47.9 Å². The second-order valence-electron chi connectivity index (χ2n) is 10.1. The Labute approximate surface area is 266 Å². The number of benzene rings is 3. The highest BCUT2D eigenvalue weighted by Crippen LogP contribution is 2.39. The van der Waals surface area contributed by atoms with Crippen LogP contribution in [0.5, 0.6) is 5.75 Å². The summed E-state index contributed by atoms with van der Waals surface area (Å²) in [6.07, 6.45) is 2.64. The summed E-state index contributed by atoms with van der Waals surface area (Å²) in [5.41, 5.74) is 1.18. The van der Waals surface area contributed by atoms with Gasteiger partial charge in [0.2, 0.25) is 0 Å². The number of ether oxygens (including phenoxy) is 1. The number of carbonyl (C=O) groups excluding carboxylic acids is 5. The first kappa shape index (κ1) is 30.8. The van der Waals surface area contributed by atoms with E-state index in [4.69, 9.17) is 51.1 Å². The fraction of sp³-hybridized carbons (Fsp3) is 0.194. The number of nitrogens with zero attached hydrogens (tertiary/aromatic N) is 2. The van der Waals surface area contributed by atoms with Crippen molar-refractivity contribution in [3.05, 3.63) is 109 Å². The fourth-order valence-electron chi connectivity index (χ4n) is 5.05. The number of hydrogen-bond donors (Lipinski definition) is 0. The summed E-state index contributed by atoms with van der Waals surface area (Å²) in [6, 6.07) is 14.1. The van der Waals surface area contributed by atoms with Crippen molar-refractivity contribution in [2.75, 3.05) is 6.54 Å². The first-order valence-corrected chi connectivity index (χ1v) is 14.6. The maximum atomic E-state index is 13.8. The van der Waals surface area contributed by atoms with Crippen molar-refractivity contribution in [1.29, 1.82) is 0 Å². The predicted molar refractivity (Wildman–Crippen MR) is 162 cm³/mol. The van der Waals surface area contributed by atoms with Crippen molar-refractivity contribution >= 4 is 75.9 Å². The summed E-state index contributed by atoms with van der Waals surface area (Å²) in [4.78, 5) is 66.7. The Balaban J connectivity index is 1.39. The number of fused-ring (bicyclic) bond motifs is 1. The van der Waals surface area contributed by atoms with Gasteiger partial charge in [-0.3, -0.25) is 19.2 Å². The zero-order valence-electron chi connectivity index (χ0n) is 22.5. The van der Waals surface area contributed by atoms with Crippen LogP contribution in [0.25, 0.3) is 0 Å². The van der Waals surface area contributed by atoms with Crippen LogP contribution in [-0.4, -0.2) is 46.0 Å². The molecule has 0 bridgehead atoms. The number of Topliss-reactive ketones (excluding diaryl/α,β-unsaturated/α-hetero) is 1. The number of imide groups is 1. The summed E-state index contributed by atoms with van der Waals surface area (Å²) in [5.74, 6) is -4.38. The molecule has 0 unspecified atom stereocenters. The second-order valence-corrected chi connectivity index (χ2v) is 11.8. The molecule has 8 nitrogen and oxygen atoms in total. The van der Waals surface area contributed by atoms with Crippen molar-refractivity contribution in [2.45, 2.75) is 19.8 Å². The number of esters is 1. The number of carbonyl (C=O) groups is 5. The minimum atomic E-state index is -0.814. The Morgan fingerprint density at radius 1 is 0.837 bits per heavy atom. The Morgan fingerprint density at radius 3 is 2.02 bits per heavy atom. The Kier molecular flexibility index (Phi) is 8.94. The lowest BCUT2D eigenvalue weighted by Crippen LogP contribution is -2.52. The third kappa shape index (κ3) is 6.33. The van der Waals surface area contributed by atoms with Gasteiger partial charge in [0.25, 0.3) is 17.7 Å². The van der Waals surface area contributed by atoms with Gasteiger partial charge < -0.3 is 4.74 Å². The van der Waals surface area contributed by atoms with Gasteiger partial charge in [-0.15, -0.1) is 0 Å². The Morgan fingerprint density at radius 2 is 1.42 bits per heavy atom. The largest absolute Gasteiger partial charge is 0.423 e. The van der Waals surface area contributed by atoms with Gasteiger partial charge in [-0.05, 0) is 80.4 Å². The standard InChI is InChI=1S/C31H22Cl4N2O6/c1-16-2-9-21-24(12-16)30(41)37(29(21)40)36(28(39)22-10-5-18(32)13-25(22)34)15-27(38)17-3-7-20(8-4-17)43-31(42)23-11-6-19(33)14-26(23)35/h2-8,10-11,13-14,21,24H,9,12,15H2,1H3/t21-,24+/m1/s1. The molecule has 1 saturated heterocycles. The molecule has 0 N–H and O–H groups in total. The van der Waals surface area contributed by atoms with E-state index in [1.54, 1.807) is 0 Å². The van der Waals surface area contributed by atoms with E-state index in [0.717, 1.165) is 15.6 Å². The lowest BCUT2D eigenvalue weighted by molar-refractivity contribution is -0.154. The molecule has 5 rings (SSSR count). The van der Waals surface area contributed by atoms with Gasteiger partial charge in [-0.25, -0.2) is 9.80 Å². The Hall–Kier alpha value is -3.69. The quantitative estimate of drug-likeness (QED) is 0.0882. The molecule has 2 atom stereocenters. The van der Waals surface area contributed by atoms with Crippen LogP contribution in [0.3, 0.4) is 0 Å². The molecular formula is C31H22Cl4N2O6. The molecule has 1 fully saturated rings. The number of rotatable bonds is 7. The van der Waals surface area contributed by atoms with Gasteiger partial charge in [0.05, 0.1) is 33.0 Å². The molecular weight excluding hydrogens is 638 g/mol. The molecule has 220 valence electrons. The van der Waals surface area contributed by atoms with Crippen molar-refractivity contribution in [2.24, 2.45) is 11.8 Å². The maximum absolute atomic E-state index is 13.8. The van der Waals surface area contributed by atoms with E-state index in [9.17, 15) is 24.0 Å². The van der Waals surface area contributed by atoms with Crippen LogP contribution < -0.4 is 4.74 Å². The number of hydrazine groups is 1. The molecule has 1 aliphatic carbocycles.